The van der Waals surface area contributed by atoms with Gasteiger partial charge in [-0.05, 0) is 42.0 Å². The lowest BCUT2D eigenvalue weighted by molar-refractivity contribution is 0.483. The van der Waals surface area contributed by atoms with Crippen molar-refractivity contribution < 1.29 is 9.13 Å². The summed E-state index contributed by atoms with van der Waals surface area (Å²) in [5, 5.41) is 4.60. The highest BCUT2D eigenvalue weighted by molar-refractivity contribution is 6.30. The Hall–Kier alpha value is -4.04. The van der Waals surface area contributed by atoms with E-state index >= 15 is 0 Å². The molecule has 0 aliphatic rings. The minimum Gasteiger partial charge on any atom is -0.457 e. The molecule has 0 spiro atoms. The van der Waals surface area contributed by atoms with Crippen LogP contribution in [0.1, 0.15) is 11.4 Å². The summed E-state index contributed by atoms with van der Waals surface area (Å²) in [5.41, 5.74) is 2.46. The maximum atomic E-state index is 13.7. The second-order valence-corrected chi connectivity index (χ2v) is 7.91. The number of pyridine rings is 1. The van der Waals surface area contributed by atoms with Crippen molar-refractivity contribution >= 4 is 22.5 Å². The van der Waals surface area contributed by atoms with Gasteiger partial charge in [0.2, 0.25) is 0 Å². The molecule has 0 radical (unpaired) electrons. The zero-order valence-corrected chi connectivity index (χ0v) is 18.2. The molecule has 3 aromatic heterocycles. The number of nitrogens with one attached hydrogen (secondary N) is 1. The van der Waals surface area contributed by atoms with E-state index in [1.54, 1.807) is 53.5 Å². The van der Waals surface area contributed by atoms with Crippen LogP contribution in [0.25, 0.3) is 22.2 Å². The predicted molar refractivity (Wildman–Crippen MR) is 123 cm³/mol. The quantitative estimate of drug-likeness (QED) is 0.402. The van der Waals surface area contributed by atoms with Crippen LogP contribution in [0, 0.1) is 5.82 Å². The Morgan fingerprint density at radius 3 is 2.76 bits per heavy atom. The number of H-pyrrole nitrogens is 1. The van der Waals surface area contributed by atoms with E-state index < -0.39 is 5.82 Å². The van der Waals surface area contributed by atoms with Crippen molar-refractivity contribution in [3.8, 4) is 22.8 Å². The van der Waals surface area contributed by atoms with Crippen molar-refractivity contribution in [2.24, 2.45) is 7.05 Å². The van der Waals surface area contributed by atoms with E-state index in [9.17, 15) is 9.18 Å². The van der Waals surface area contributed by atoms with Gasteiger partial charge in [0, 0.05) is 37.5 Å². The van der Waals surface area contributed by atoms with Gasteiger partial charge >= 0.3 is 0 Å². The van der Waals surface area contributed by atoms with Crippen molar-refractivity contribution in [3.63, 3.8) is 0 Å². The first-order valence-corrected chi connectivity index (χ1v) is 10.4. The molecule has 0 amide bonds. The molecule has 0 bridgehead atoms. The highest BCUT2D eigenvalue weighted by Crippen LogP contribution is 2.27. The molecule has 9 heteroatoms. The molecule has 0 unspecified atom stereocenters. The summed E-state index contributed by atoms with van der Waals surface area (Å²) in [6.45, 7) is 0. The highest BCUT2D eigenvalue weighted by atomic mass is 35.5. The molecule has 5 rings (SSSR count). The van der Waals surface area contributed by atoms with E-state index in [-0.39, 0.29) is 17.0 Å². The number of aromatic nitrogens is 5. The SMILES string of the molecule is Cn1cc(-c2cc(Oc3ccc4nc(Cc5ccc(Cl)c(F)c5)[nH]c(=O)c4c3)ccn2)cn1. The van der Waals surface area contributed by atoms with Crippen molar-refractivity contribution in [1.82, 2.24) is 24.7 Å². The summed E-state index contributed by atoms with van der Waals surface area (Å²) in [6, 6.07) is 13.1. The largest absolute Gasteiger partial charge is 0.457 e. The monoisotopic (exact) mass is 461 g/mol. The molecule has 164 valence electrons. The molecular weight excluding hydrogens is 445 g/mol. The lowest BCUT2D eigenvalue weighted by Crippen LogP contribution is -2.12. The number of halogens is 2. The van der Waals surface area contributed by atoms with Gasteiger partial charge in [0.05, 0.1) is 27.8 Å². The fourth-order valence-corrected chi connectivity index (χ4v) is 3.60. The van der Waals surface area contributed by atoms with E-state index in [2.05, 4.69) is 20.1 Å². The second kappa shape index (κ2) is 8.48. The number of aryl methyl sites for hydroxylation is 1. The third kappa shape index (κ3) is 4.47. The van der Waals surface area contributed by atoms with Crippen LogP contribution in [0.4, 0.5) is 4.39 Å². The van der Waals surface area contributed by atoms with E-state index in [0.717, 1.165) is 11.3 Å². The summed E-state index contributed by atoms with van der Waals surface area (Å²) in [5.74, 6) is 0.986. The van der Waals surface area contributed by atoms with Crippen molar-refractivity contribution in [2.45, 2.75) is 6.42 Å². The van der Waals surface area contributed by atoms with Crippen LogP contribution in [-0.4, -0.2) is 24.7 Å². The first kappa shape index (κ1) is 20.8. The Morgan fingerprint density at radius 1 is 1.12 bits per heavy atom. The molecule has 0 aliphatic carbocycles. The number of fused-ring (bicyclic) bond motifs is 1. The van der Waals surface area contributed by atoms with Crippen LogP contribution in [0.5, 0.6) is 11.5 Å². The molecule has 2 aromatic carbocycles. The average Bonchev–Trinajstić information content (AvgIpc) is 3.23. The molecule has 0 saturated heterocycles. The minimum absolute atomic E-state index is 0.0491. The number of nitrogens with zero attached hydrogens (tertiary/aromatic N) is 4. The maximum Gasteiger partial charge on any atom is 0.258 e. The van der Waals surface area contributed by atoms with E-state index in [1.165, 1.54) is 12.1 Å². The van der Waals surface area contributed by atoms with Crippen LogP contribution >= 0.6 is 11.6 Å². The predicted octanol–water partition coefficient (Wildman–Crippen LogP) is 4.89. The summed E-state index contributed by atoms with van der Waals surface area (Å²) >= 11 is 5.73. The van der Waals surface area contributed by atoms with Gasteiger partial charge in [-0.1, -0.05) is 17.7 Å². The molecule has 7 nitrogen and oxygen atoms in total. The second-order valence-electron chi connectivity index (χ2n) is 7.50. The van der Waals surface area contributed by atoms with Gasteiger partial charge < -0.3 is 9.72 Å². The summed E-state index contributed by atoms with van der Waals surface area (Å²) in [4.78, 5) is 24.3. The molecule has 0 aliphatic heterocycles. The molecule has 1 N–H and O–H groups in total. The van der Waals surface area contributed by atoms with E-state index in [1.807, 2.05) is 13.2 Å². The number of hydrogen-bond acceptors (Lipinski definition) is 5. The smallest absolute Gasteiger partial charge is 0.258 e. The Morgan fingerprint density at radius 2 is 1.97 bits per heavy atom. The maximum absolute atomic E-state index is 13.7. The third-order valence-corrected chi connectivity index (χ3v) is 5.36. The molecule has 3 heterocycles. The Bertz CT molecular complexity index is 1550. The van der Waals surface area contributed by atoms with Crippen LogP contribution in [0.3, 0.4) is 0 Å². The lowest BCUT2D eigenvalue weighted by Gasteiger charge is -2.08. The van der Waals surface area contributed by atoms with E-state index in [0.29, 0.717) is 33.8 Å². The van der Waals surface area contributed by atoms with Gasteiger partial charge in [0.25, 0.3) is 5.56 Å². The van der Waals surface area contributed by atoms with Gasteiger partial charge in [0.15, 0.2) is 0 Å². The van der Waals surface area contributed by atoms with Crippen molar-refractivity contribution in [2.75, 3.05) is 0 Å². The Kier molecular flexibility index (Phi) is 5.35. The zero-order chi connectivity index (χ0) is 22.9. The molecule has 33 heavy (non-hydrogen) atoms. The molecule has 0 saturated carbocycles. The van der Waals surface area contributed by atoms with Crippen LogP contribution in [0.15, 0.2) is 71.9 Å². The molecule has 0 atom stereocenters. The lowest BCUT2D eigenvalue weighted by atomic mass is 10.1. The third-order valence-electron chi connectivity index (χ3n) is 5.05. The van der Waals surface area contributed by atoms with Gasteiger partial charge in [-0.2, -0.15) is 5.10 Å². The fourth-order valence-electron chi connectivity index (χ4n) is 3.48. The Labute approximate surface area is 192 Å². The summed E-state index contributed by atoms with van der Waals surface area (Å²) < 4.78 is 21.4. The first-order chi connectivity index (χ1) is 15.9. The molecule has 0 fully saturated rings. The fraction of sp³-hybridized carbons (Fsp3) is 0.0833. The van der Waals surface area contributed by atoms with Crippen molar-refractivity contribution in [3.05, 3.63) is 99.7 Å². The standard InChI is InChI=1S/C24H17ClFN5O2/c1-31-13-15(12-28-31)22-11-17(6-7-27-22)33-16-3-5-21-18(10-16)24(32)30-23(29-21)9-14-2-4-19(25)20(26)8-14/h2-8,10-13H,9H2,1H3,(H,29,30,32). The normalized spacial score (nSPS) is 11.1. The number of hydrogen-bond donors (Lipinski definition) is 1. The van der Waals surface area contributed by atoms with Crippen LogP contribution < -0.4 is 10.3 Å². The summed E-state index contributed by atoms with van der Waals surface area (Å²) in [6.07, 6.45) is 5.51. The number of benzene rings is 2. The van der Waals surface area contributed by atoms with E-state index in [4.69, 9.17) is 16.3 Å². The van der Waals surface area contributed by atoms with Gasteiger partial charge in [-0.25, -0.2) is 9.37 Å². The van der Waals surface area contributed by atoms with Crippen LogP contribution in [0.2, 0.25) is 5.02 Å². The average molecular weight is 462 g/mol. The molecule has 5 aromatic rings. The Balaban J connectivity index is 1.41. The topological polar surface area (TPSA) is 85.7 Å². The summed E-state index contributed by atoms with van der Waals surface area (Å²) in [7, 11) is 1.84. The number of rotatable bonds is 5. The number of aromatic amines is 1. The first-order valence-electron chi connectivity index (χ1n) is 10.0. The van der Waals surface area contributed by atoms with Gasteiger partial charge in [0.1, 0.15) is 23.1 Å². The van der Waals surface area contributed by atoms with Crippen LogP contribution in [-0.2, 0) is 13.5 Å². The minimum atomic E-state index is -0.512. The van der Waals surface area contributed by atoms with Gasteiger partial charge in [-0.15, -0.1) is 0 Å². The highest BCUT2D eigenvalue weighted by Gasteiger charge is 2.10. The molecular formula is C24H17ClFN5O2. The van der Waals surface area contributed by atoms with Crippen molar-refractivity contribution in [1.29, 1.82) is 0 Å². The zero-order valence-electron chi connectivity index (χ0n) is 17.4. The number of ether oxygens (including phenoxy) is 1. The van der Waals surface area contributed by atoms with Gasteiger partial charge in [-0.3, -0.25) is 14.5 Å².